The van der Waals surface area contributed by atoms with E-state index < -0.39 is 0 Å². The Morgan fingerprint density at radius 3 is 2.83 bits per heavy atom. The summed E-state index contributed by atoms with van der Waals surface area (Å²) >= 11 is 0. The van der Waals surface area contributed by atoms with Crippen molar-refractivity contribution in [1.29, 1.82) is 0 Å². The van der Waals surface area contributed by atoms with Crippen LogP contribution >= 0.6 is 9.24 Å². The first-order valence-corrected chi connectivity index (χ1v) is 4.59. The van der Waals surface area contributed by atoms with E-state index in [-0.39, 0.29) is 0 Å². The molecule has 0 N–H and O–H groups in total. The molecule has 2 heteroatoms. The fourth-order valence-corrected chi connectivity index (χ4v) is 1.66. The molecule has 1 heterocycles. The number of benzene rings is 1. The third-order valence-electron chi connectivity index (χ3n) is 2.02. The van der Waals surface area contributed by atoms with Crippen LogP contribution in [0.15, 0.2) is 30.3 Å². The zero-order chi connectivity index (χ0) is 8.55. The molecule has 58 valence electrons. The topological polar surface area (TPSA) is 0 Å². The molecular formula is C10H10BP. The van der Waals surface area contributed by atoms with Gasteiger partial charge in [0.25, 0.3) is 0 Å². The summed E-state index contributed by atoms with van der Waals surface area (Å²) in [5.74, 6) is 0. The quantitative estimate of drug-likeness (QED) is 0.533. The normalized spacial score (nSPS) is 10.2. The Morgan fingerprint density at radius 1 is 1.17 bits per heavy atom. The molecule has 0 spiro atoms. The van der Waals surface area contributed by atoms with Gasteiger partial charge in [0.1, 0.15) is 0 Å². The third kappa shape index (κ3) is 1.42. The Balaban J connectivity index is 2.79. The van der Waals surface area contributed by atoms with E-state index in [2.05, 4.69) is 53.4 Å². The first-order valence-electron chi connectivity index (χ1n) is 4.01. The van der Waals surface area contributed by atoms with E-state index in [9.17, 15) is 0 Å². The van der Waals surface area contributed by atoms with E-state index in [0.717, 1.165) is 0 Å². The van der Waals surface area contributed by atoms with Gasteiger partial charge in [-0.3, -0.25) is 0 Å². The zero-order valence-electron chi connectivity index (χ0n) is 7.04. The fraction of sp³-hybridized carbons (Fsp3) is 0.100. The SMILES string of the molecule is Cc1bc2ccc(P)cc2cc1. The Labute approximate surface area is 75.4 Å². The Bertz CT molecular complexity index is 382. The molecule has 12 heavy (non-hydrogen) atoms. The minimum atomic E-state index is 1.24. The molecule has 0 radical (unpaired) electrons. The number of hydrogen-bond acceptors (Lipinski definition) is 0. The van der Waals surface area contributed by atoms with Gasteiger partial charge in [0, 0.05) is 0 Å². The van der Waals surface area contributed by atoms with Gasteiger partial charge in [-0.2, -0.15) is 0 Å². The van der Waals surface area contributed by atoms with Crippen molar-refractivity contribution in [3.63, 3.8) is 0 Å². The van der Waals surface area contributed by atoms with Crippen molar-refractivity contribution in [1.82, 2.24) is 0 Å². The van der Waals surface area contributed by atoms with Crippen LogP contribution in [-0.2, 0) is 0 Å². The Kier molecular flexibility index (Phi) is 1.98. The number of aryl methyl sites for hydroxylation is 1. The Morgan fingerprint density at radius 2 is 2.00 bits per heavy atom. The van der Waals surface area contributed by atoms with Crippen LogP contribution in [0.25, 0.3) is 10.7 Å². The van der Waals surface area contributed by atoms with Crippen molar-refractivity contribution < 1.29 is 0 Å². The third-order valence-corrected chi connectivity index (χ3v) is 2.38. The molecule has 0 saturated heterocycles. The number of rotatable bonds is 0. The van der Waals surface area contributed by atoms with E-state index in [1.807, 2.05) is 0 Å². The van der Waals surface area contributed by atoms with Crippen LogP contribution < -0.4 is 5.30 Å². The summed E-state index contributed by atoms with van der Waals surface area (Å²) in [7, 11) is 2.71. The van der Waals surface area contributed by atoms with Gasteiger partial charge in [0.2, 0.25) is 0 Å². The summed E-state index contributed by atoms with van der Waals surface area (Å²) < 4.78 is 0. The Hall–Kier alpha value is -0.675. The number of hydrogen-bond donors (Lipinski definition) is 0. The minimum absolute atomic E-state index is 1.24. The monoisotopic (exact) mass is 172 g/mol. The predicted octanol–water partition coefficient (Wildman–Crippen LogP) is 1.99. The second-order valence-electron chi connectivity index (χ2n) is 3.11. The van der Waals surface area contributed by atoms with Crippen LogP contribution in [0, 0.1) is 6.92 Å². The summed E-state index contributed by atoms with van der Waals surface area (Å²) in [5.41, 5.74) is 1.32. The van der Waals surface area contributed by atoms with Gasteiger partial charge in [0.15, 0.2) is 0 Å². The molecule has 0 nitrogen and oxygen atoms in total. The summed E-state index contributed by atoms with van der Waals surface area (Å²) in [6, 6.07) is 10.8. The van der Waals surface area contributed by atoms with E-state index >= 15 is 0 Å². The van der Waals surface area contributed by atoms with Crippen LogP contribution in [0.2, 0.25) is 0 Å². The average Bonchev–Trinajstić information content (AvgIpc) is 2.05. The van der Waals surface area contributed by atoms with E-state index in [0.29, 0.717) is 0 Å². The van der Waals surface area contributed by atoms with Crippen molar-refractivity contribution >= 4 is 32.1 Å². The van der Waals surface area contributed by atoms with Crippen molar-refractivity contribution in [2.75, 3.05) is 0 Å². The van der Waals surface area contributed by atoms with Gasteiger partial charge in [-0.25, -0.2) is 0 Å². The van der Waals surface area contributed by atoms with Crippen molar-refractivity contribution in [2.45, 2.75) is 6.92 Å². The summed E-state index contributed by atoms with van der Waals surface area (Å²) in [4.78, 5) is 0. The van der Waals surface area contributed by atoms with Gasteiger partial charge < -0.3 is 0 Å². The van der Waals surface area contributed by atoms with E-state index in [1.165, 1.54) is 21.4 Å². The molecule has 1 aromatic heterocycles. The van der Waals surface area contributed by atoms with Crippen LogP contribution in [-0.4, -0.2) is 6.91 Å². The predicted molar refractivity (Wildman–Crippen MR) is 59.4 cm³/mol. The maximum atomic E-state index is 2.71. The molecule has 0 saturated carbocycles. The van der Waals surface area contributed by atoms with Gasteiger partial charge in [0.05, 0.1) is 0 Å². The van der Waals surface area contributed by atoms with E-state index in [4.69, 9.17) is 0 Å². The maximum absolute atomic E-state index is 2.71. The molecule has 0 amide bonds. The van der Waals surface area contributed by atoms with E-state index in [1.54, 1.807) is 0 Å². The second-order valence-corrected chi connectivity index (χ2v) is 3.78. The fourth-order valence-electron chi connectivity index (χ4n) is 1.38. The van der Waals surface area contributed by atoms with Crippen molar-refractivity contribution in [3.8, 4) is 0 Å². The van der Waals surface area contributed by atoms with Crippen LogP contribution in [0.3, 0.4) is 0 Å². The second kappa shape index (κ2) is 2.99. The molecule has 0 aliphatic carbocycles. The summed E-state index contributed by atoms with van der Waals surface area (Å²) in [6.07, 6.45) is 0. The average molecular weight is 172 g/mol. The number of fused-ring (bicyclic) bond motifs is 1. The molecular weight excluding hydrogens is 162 g/mol. The molecule has 0 aliphatic heterocycles. The molecule has 0 aliphatic rings. The summed E-state index contributed by atoms with van der Waals surface area (Å²) in [6.45, 7) is 4.33. The molecule has 1 unspecified atom stereocenters. The molecule has 1 atom stereocenters. The van der Waals surface area contributed by atoms with Crippen LogP contribution in [0.1, 0.15) is 5.46 Å². The van der Waals surface area contributed by atoms with Crippen LogP contribution in [0.4, 0.5) is 0 Å². The molecule has 0 bridgehead atoms. The van der Waals surface area contributed by atoms with Gasteiger partial charge in [-0.1, -0.05) is 0 Å². The molecule has 1 aromatic carbocycles. The molecule has 2 aromatic rings. The standard InChI is InChI=1S/C10H10BP/c1-7-2-3-8-6-9(12)4-5-10(8)11-7/h2-6H,12H2,1H3. The van der Waals surface area contributed by atoms with Gasteiger partial charge >= 0.3 is 74.8 Å². The van der Waals surface area contributed by atoms with Gasteiger partial charge in [-0.05, 0) is 0 Å². The molecule has 2 rings (SSSR count). The zero-order valence-corrected chi connectivity index (χ0v) is 8.20. The molecule has 0 fully saturated rings. The summed E-state index contributed by atoms with van der Waals surface area (Å²) in [5, 5.41) is 3.88. The van der Waals surface area contributed by atoms with Crippen LogP contribution in [0.5, 0.6) is 0 Å². The first kappa shape index (κ1) is 7.95. The van der Waals surface area contributed by atoms with Crippen molar-refractivity contribution in [2.24, 2.45) is 0 Å². The van der Waals surface area contributed by atoms with Gasteiger partial charge in [-0.15, -0.1) is 0 Å². The first-order chi connectivity index (χ1) is 5.75. The van der Waals surface area contributed by atoms with Crippen molar-refractivity contribution in [3.05, 3.63) is 35.8 Å².